The number of aryl methyl sites for hydroxylation is 1. The second kappa shape index (κ2) is 6.94. The van der Waals surface area contributed by atoms with Crippen LogP contribution in [0.2, 0.25) is 0 Å². The van der Waals surface area contributed by atoms with Crippen LogP contribution in [0.4, 0.5) is 0 Å². The van der Waals surface area contributed by atoms with Gasteiger partial charge in [-0.15, -0.1) is 0 Å². The Morgan fingerprint density at radius 3 is 2.97 bits per heavy atom. The van der Waals surface area contributed by atoms with E-state index in [1.54, 1.807) is 30.3 Å². The molecule has 1 unspecified atom stereocenters. The Hall–Kier alpha value is -4.14. The van der Waals surface area contributed by atoms with E-state index < -0.39 is 0 Å². The summed E-state index contributed by atoms with van der Waals surface area (Å²) in [5.41, 5.74) is 6.07. The number of ether oxygens (including phenoxy) is 1. The number of fused-ring (bicyclic) bond motifs is 3. The minimum absolute atomic E-state index is 0.0994. The van der Waals surface area contributed by atoms with E-state index in [0.29, 0.717) is 24.3 Å². The fourth-order valence-corrected chi connectivity index (χ4v) is 4.51. The predicted molar refractivity (Wildman–Crippen MR) is 117 cm³/mol. The van der Waals surface area contributed by atoms with E-state index in [9.17, 15) is 4.79 Å². The highest BCUT2D eigenvalue weighted by Gasteiger charge is 2.37. The Kier molecular flexibility index (Phi) is 4.04. The number of nitrogens with one attached hydrogen (secondary N) is 1. The molecule has 6 rings (SSSR count). The zero-order valence-corrected chi connectivity index (χ0v) is 17.7. The molecule has 0 saturated heterocycles. The first kappa shape index (κ1) is 18.6. The summed E-state index contributed by atoms with van der Waals surface area (Å²) in [7, 11) is 1.60. The van der Waals surface area contributed by atoms with Gasteiger partial charge in [0.25, 0.3) is 5.91 Å². The molecule has 5 aromatic rings. The topological polar surface area (TPSA) is 92.8 Å². The summed E-state index contributed by atoms with van der Waals surface area (Å²) in [5.74, 6) is 0.578. The van der Waals surface area contributed by atoms with Crippen molar-refractivity contribution < 1.29 is 9.53 Å². The predicted octanol–water partition coefficient (Wildman–Crippen LogP) is 2.81. The summed E-state index contributed by atoms with van der Waals surface area (Å²) in [6.45, 7) is 2.61. The number of aromatic nitrogens is 6. The quantitative estimate of drug-likeness (QED) is 0.478. The lowest BCUT2D eigenvalue weighted by atomic mass is 9.98. The molecule has 5 aromatic heterocycles. The van der Waals surface area contributed by atoms with Crippen LogP contribution in [0.5, 0.6) is 5.75 Å². The number of nitrogens with zero attached hydrogens (tertiary/aromatic N) is 6. The maximum atomic E-state index is 13.8. The van der Waals surface area contributed by atoms with E-state index in [4.69, 9.17) is 9.84 Å². The average molecular weight is 427 g/mol. The standard InChI is InChI=1S/C23H21N7O2/c1-14-4-3-8-29-20(14)10-18(27-29)22-21-17(24-13-25-21)7-9-28(22)23(31)16-11-26-30-12-15(32-2)5-6-19(16)30/h3-6,8,10-13,22H,7,9H2,1-2H3,(H,24,25). The first-order valence-corrected chi connectivity index (χ1v) is 10.4. The molecule has 1 N–H and O–H groups in total. The summed E-state index contributed by atoms with van der Waals surface area (Å²) in [5, 5.41) is 9.18. The minimum Gasteiger partial charge on any atom is -0.495 e. The monoisotopic (exact) mass is 427 g/mol. The highest BCUT2D eigenvalue weighted by Crippen LogP contribution is 2.35. The van der Waals surface area contributed by atoms with E-state index in [1.165, 1.54) is 0 Å². The molecule has 0 bridgehead atoms. The molecule has 0 fully saturated rings. The number of aromatic amines is 1. The van der Waals surface area contributed by atoms with Crippen LogP contribution in [0.25, 0.3) is 11.0 Å². The van der Waals surface area contributed by atoms with Gasteiger partial charge in [-0.25, -0.2) is 14.0 Å². The van der Waals surface area contributed by atoms with Gasteiger partial charge in [-0.05, 0) is 36.8 Å². The Balaban J connectivity index is 1.47. The highest BCUT2D eigenvalue weighted by molar-refractivity contribution is 6.01. The minimum atomic E-state index is -0.384. The van der Waals surface area contributed by atoms with E-state index in [0.717, 1.165) is 33.7 Å². The van der Waals surface area contributed by atoms with Crippen LogP contribution in [0.15, 0.2) is 55.2 Å². The van der Waals surface area contributed by atoms with Gasteiger partial charge in [-0.3, -0.25) is 4.79 Å². The molecule has 32 heavy (non-hydrogen) atoms. The zero-order chi connectivity index (χ0) is 21.8. The number of methoxy groups -OCH3 is 1. The van der Waals surface area contributed by atoms with Crippen molar-refractivity contribution in [2.75, 3.05) is 13.7 Å². The first-order chi connectivity index (χ1) is 15.6. The van der Waals surface area contributed by atoms with Crippen LogP contribution in [0.3, 0.4) is 0 Å². The van der Waals surface area contributed by atoms with Gasteiger partial charge in [-0.1, -0.05) is 6.07 Å². The van der Waals surface area contributed by atoms with Crippen LogP contribution in [0.1, 0.15) is 39.0 Å². The number of hydrogen-bond donors (Lipinski definition) is 1. The molecule has 1 aliphatic heterocycles. The highest BCUT2D eigenvalue weighted by atomic mass is 16.5. The van der Waals surface area contributed by atoms with Crippen LogP contribution in [-0.4, -0.2) is 53.7 Å². The number of H-pyrrole nitrogens is 1. The zero-order valence-electron chi connectivity index (χ0n) is 17.7. The van der Waals surface area contributed by atoms with E-state index in [-0.39, 0.29) is 11.9 Å². The van der Waals surface area contributed by atoms with Crippen molar-refractivity contribution in [2.24, 2.45) is 0 Å². The maximum Gasteiger partial charge on any atom is 0.258 e. The van der Waals surface area contributed by atoms with Crippen molar-refractivity contribution in [3.8, 4) is 5.75 Å². The molecule has 0 aliphatic carbocycles. The summed E-state index contributed by atoms with van der Waals surface area (Å²) in [4.78, 5) is 23.4. The number of carbonyl (C=O) groups excluding carboxylic acids is 1. The third-order valence-electron chi connectivity index (χ3n) is 6.15. The molecule has 0 aromatic carbocycles. The summed E-state index contributed by atoms with van der Waals surface area (Å²) in [6.07, 6.45) is 7.69. The van der Waals surface area contributed by atoms with Gasteiger partial charge < -0.3 is 14.6 Å². The molecular formula is C23H21N7O2. The number of hydrogen-bond acceptors (Lipinski definition) is 5. The Morgan fingerprint density at radius 2 is 2.12 bits per heavy atom. The number of carbonyl (C=O) groups is 1. The van der Waals surface area contributed by atoms with Gasteiger partial charge >= 0.3 is 0 Å². The third-order valence-corrected chi connectivity index (χ3v) is 6.15. The summed E-state index contributed by atoms with van der Waals surface area (Å²) in [6, 6.07) is 9.37. The largest absolute Gasteiger partial charge is 0.495 e. The van der Waals surface area contributed by atoms with Gasteiger partial charge in [0.1, 0.15) is 11.8 Å². The molecule has 1 amide bonds. The van der Waals surface area contributed by atoms with E-state index >= 15 is 0 Å². The van der Waals surface area contributed by atoms with Crippen LogP contribution >= 0.6 is 0 Å². The fourth-order valence-electron chi connectivity index (χ4n) is 4.51. The van der Waals surface area contributed by atoms with E-state index in [1.807, 2.05) is 39.9 Å². The second-order valence-corrected chi connectivity index (χ2v) is 7.96. The summed E-state index contributed by atoms with van der Waals surface area (Å²) >= 11 is 0. The number of amides is 1. The number of rotatable bonds is 3. The summed E-state index contributed by atoms with van der Waals surface area (Å²) < 4.78 is 8.80. The molecule has 0 radical (unpaired) electrons. The smallest absolute Gasteiger partial charge is 0.258 e. The molecule has 1 aliphatic rings. The molecule has 9 nitrogen and oxygen atoms in total. The fraction of sp³-hybridized carbons (Fsp3) is 0.217. The van der Waals surface area contributed by atoms with Crippen molar-refractivity contribution in [3.05, 3.63) is 83.5 Å². The lowest BCUT2D eigenvalue weighted by Crippen LogP contribution is -2.41. The van der Waals surface area contributed by atoms with Crippen LogP contribution in [0, 0.1) is 6.92 Å². The number of pyridine rings is 2. The van der Waals surface area contributed by atoms with Gasteiger partial charge in [0.05, 0.1) is 53.8 Å². The van der Waals surface area contributed by atoms with Crippen LogP contribution < -0.4 is 4.74 Å². The Bertz CT molecular complexity index is 1480. The molecular weight excluding hydrogens is 406 g/mol. The van der Waals surface area contributed by atoms with E-state index in [2.05, 4.69) is 28.1 Å². The third kappa shape index (κ3) is 2.71. The van der Waals surface area contributed by atoms with Crippen molar-refractivity contribution in [3.63, 3.8) is 0 Å². The normalized spacial score (nSPS) is 15.9. The average Bonchev–Trinajstić information content (AvgIpc) is 3.55. The first-order valence-electron chi connectivity index (χ1n) is 10.4. The van der Waals surface area contributed by atoms with Gasteiger partial charge in [0, 0.05) is 24.9 Å². The van der Waals surface area contributed by atoms with Crippen LogP contribution in [-0.2, 0) is 6.42 Å². The molecule has 1 atom stereocenters. The Morgan fingerprint density at radius 1 is 1.22 bits per heavy atom. The van der Waals surface area contributed by atoms with Gasteiger partial charge in [-0.2, -0.15) is 10.2 Å². The SMILES string of the molecule is COc1ccc2c(C(=O)N3CCc4[nH]cnc4C3c3cc4c(C)cccn4n3)cnn2c1. The second-order valence-electron chi connectivity index (χ2n) is 7.96. The van der Waals surface area contributed by atoms with Crippen molar-refractivity contribution in [1.82, 2.24) is 34.1 Å². The lowest BCUT2D eigenvalue weighted by Gasteiger charge is -2.33. The van der Waals surface area contributed by atoms with Gasteiger partial charge in [0.2, 0.25) is 0 Å². The lowest BCUT2D eigenvalue weighted by molar-refractivity contribution is 0.0689. The van der Waals surface area contributed by atoms with Gasteiger partial charge in [0.15, 0.2) is 0 Å². The molecule has 9 heteroatoms. The van der Waals surface area contributed by atoms with Crippen molar-refractivity contribution in [2.45, 2.75) is 19.4 Å². The van der Waals surface area contributed by atoms with Crippen molar-refractivity contribution in [1.29, 1.82) is 0 Å². The molecule has 0 saturated carbocycles. The molecule has 160 valence electrons. The van der Waals surface area contributed by atoms with Crippen molar-refractivity contribution >= 4 is 16.9 Å². The molecule has 0 spiro atoms. The number of imidazole rings is 1. The molecule has 6 heterocycles. The Labute approximate surface area is 183 Å². The maximum absolute atomic E-state index is 13.8.